The van der Waals surface area contributed by atoms with Crippen LogP contribution in [0, 0.1) is 5.92 Å². The summed E-state index contributed by atoms with van der Waals surface area (Å²) < 4.78 is 35.6. The second-order valence-corrected chi connectivity index (χ2v) is 13.6. The van der Waals surface area contributed by atoms with Crippen LogP contribution in [-0.2, 0) is 19.6 Å². The van der Waals surface area contributed by atoms with Gasteiger partial charge < -0.3 is 9.47 Å². The Morgan fingerprint density at radius 1 is 0.875 bits per heavy atom. The molecule has 1 fully saturated rings. The van der Waals surface area contributed by atoms with Crippen LogP contribution in [-0.4, -0.2) is 47.4 Å². The van der Waals surface area contributed by atoms with E-state index in [1.54, 1.807) is 0 Å². The van der Waals surface area contributed by atoms with Gasteiger partial charge in [-0.3, -0.25) is 4.79 Å². The van der Waals surface area contributed by atoms with Gasteiger partial charge in [0.25, 0.3) is 0 Å². The lowest BCUT2D eigenvalue weighted by Gasteiger charge is -2.20. The number of aromatic nitrogens is 2. The number of para-hydroxylation sites is 2. The Balaban J connectivity index is 0.000000237. The minimum atomic E-state index is -2.94. The van der Waals surface area contributed by atoms with E-state index in [9.17, 15) is 13.2 Å². The van der Waals surface area contributed by atoms with Gasteiger partial charge in [0.15, 0.2) is 0 Å². The lowest BCUT2D eigenvalue weighted by molar-refractivity contribution is -0.158. The van der Waals surface area contributed by atoms with Crippen molar-refractivity contribution in [3.05, 3.63) is 54.6 Å². The van der Waals surface area contributed by atoms with Crippen LogP contribution in [0.3, 0.4) is 0 Å². The highest BCUT2D eigenvalue weighted by Crippen LogP contribution is 2.29. The first-order valence-electron chi connectivity index (χ1n) is 13.8. The summed E-state index contributed by atoms with van der Waals surface area (Å²) in [6.07, 6.45) is 1.73. The minimum Gasteiger partial charge on any atom is -0.473 e. The van der Waals surface area contributed by atoms with Gasteiger partial charge in [-0.05, 0) is 73.4 Å². The third-order valence-electron chi connectivity index (χ3n) is 5.17. The van der Waals surface area contributed by atoms with Crippen molar-refractivity contribution in [2.75, 3.05) is 0 Å². The van der Waals surface area contributed by atoms with Crippen LogP contribution in [0.4, 0.5) is 0 Å². The van der Waals surface area contributed by atoms with Crippen molar-refractivity contribution in [1.82, 2.24) is 14.7 Å². The smallest absolute Gasteiger partial charge is 0.308 e. The summed E-state index contributed by atoms with van der Waals surface area (Å²) in [5.74, 6) is 0.427. The molecule has 8 nitrogen and oxygen atoms in total. The number of nitrogens with one attached hydrogen (secondary N) is 1. The van der Waals surface area contributed by atoms with Gasteiger partial charge in [0.1, 0.15) is 11.3 Å². The highest BCUT2D eigenvalue weighted by Gasteiger charge is 2.35. The maximum atomic E-state index is 11.1. The molecule has 1 aliphatic carbocycles. The predicted molar refractivity (Wildman–Crippen MR) is 162 cm³/mol. The highest BCUT2D eigenvalue weighted by atomic mass is 32.2. The number of hydrogen-bond acceptors (Lipinski definition) is 7. The van der Waals surface area contributed by atoms with Crippen LogP contribution < -0.4 is 9.46 Å². The second-order valence-electron chi connectivity index (χ2n) is 11.6. The van der Waals surface area contributed by atoms with Crippen molar-refractivity contribution < 1.29 is 22.7 Å². The van der Waals surface area contributed by atoms with E-state index in [2.05, 4.69) is 9.71 Å². The summed E-state index contributed by atoms with van der Waals surface area (Å²) in [5.41, 5.74) is 3.19. The average Bonchev–Trinajstić information content (AvgIpc) is 3.69. The van der Waals surface area contributed by atoms with Crippen LogP contribution >= 0.6 is 0 Å². The zero-order valence-electron chi connectivity index (χ0n) is 25.3. The maximum absolute atomic E-state index is 11.1. The number of nitrogens with zero attached hydrogens (tertiary/aromatic N) is 2. The van der Waals surface area contributed by atoms with E-state index in [1.165, 1.54) is 0 Å². The van der Waals surface area contributed by atoms with Crippen LogP contribution in [0.2, 0.25) is 0 Å². The van der Waals surface area contributed by atoms with Crippen molar-refractivity contribution in [2.24, 2.45) is 5.92 Å². The van der Waals surface area contributed by atoms with Gasteiger partial charge in [-0.15, -0.1) is 0 Å². The van der Waals surface area contributed by atoms with Gasteiger partial charge in [0.05, 0.1) is 28.3 Å². The van der Waals surface area contributed by atoms with Crippen LogP contribution in [0.1, 0.15) is 75.2 Å². The standard InChI is InChI=1S/C17H16N2O.C8H16O2.C6H13NO2S/c1-12(2)20-17-16(13-8-4-3-5-9-13)18-14-10-6-7-11-15(14)19-17;1-6(2)7(9)10-8(3,4)5;1-5(2)7-10(8,9)6-3-4-6/h3-12H,1-2H3;6H,1-5H3;5-7H,3-4H2,1-2H3. The van der Waals surface area contributed by atoms with E-state index in [1.807, 2.05) is 117 Å². The molecule has 1 N–H and O–H groups in total. The Labute approximate surface area is 240 Å². The fourth-order valence-electron chi connectivity index (χ4n) is 3.30. The van der Waals surface area contributed by atoms with E-state index in [0.717, 1.165) is 35.1 Å². The summed E-state index contributed by atoms with van der Waals surface area (Å²) in [5, 5.41) is -0.0881. The number of sulfonamides is 1. The molecule has 3 aromatic rings. The van der Waals surface area contributed by atoms with E-state index < -0.39 is 10.0 Å². The second kappa shape index (κ2) is 14.6. The van der Waals surface area contributed by atoms with Gasteiger partial charge in [-0.1, -0.05) is 56.3 Å². The lowest BCUT2D eigenvalue weighted by Crippen LogP contribution is -2.32. The minimum absolute atomic E-state index is 0.0285. The van der Waals surface area contributed by atoms with Gasteiger partial charge >= 0.3 is 5.97 Å². The molecule has 0 radical (unpaired) electrons. The molecule has 40 heavy (non-hydrogen) atoms. The van der Waals surface area contributed by atoms with Crippen LogP contribution in [0.25, 0.3) is 22.3 Å². The monoisotopic (exact) mass is 571 g/mol. The molecule has 0 bridgehead atoms. The average molecular weight is 572 g/mol. The molecule has 1 aromatic heterocycles. The summed E-state index contributed by atoms with van der Waals surface area (Å²) in [4.78, 5) is 20.3. The largest absolute Gasteiger partial charge is 0.473 e. The van der Waals surface area contributed by atoms with Crippen molar-refractivity contribution in [3.8, 4) is 17.1 Å². The van der Waals surface area contributed by atoms with Gasteiger partial charge in [-0.2, -0.15) is 0 Å². The molecule has 9 heteroatoms. The topological polar surface area (TPSA) is 107 Å². The molecule has 4 rings (SSSR count). The summed E-state index contributed by atoms with van der Waals surface area (Å²) in [6.45, 7) is 16.9. The summed E-state index contributed by atoms with van der Waals surface area (Å²) >= 11 is 0. The molecule has 1 heterocycles. The number of ether oxygens (including phenoxy) is 2. The van der Waals surface area contributed by atoms with Crippen molar-refractivity contribution in [1.29, 1.82) is 0 Å². The third kappa shape index (κ3) is 11.6. The number of rotatable bonds is 7. The SMILES string of the molecule is CC(C)C(=O)OC(C)(C)C.CC(C)NS(=O)(=O)C1CC1.CC(C)Oc1nc2ccccc2nc1-c1ccccc1. The first kappa shape index (κ1) is 33.2. The fourth-order valence-corrected chi connectivity index (χ4v) is 4.90. The molecule has 0 spiro atoms. The summed E-state index contributed by atoms with van der Waals surface area (Å²) in [6, 6.07) is 17.9. The van der Waals surface area contributed by atoms with Crippen LogP contribution in [0.5, 0.6) is 5.88 Å². The molecule has 1 aliphatic rings. The first-order chi connectivity index (χ1) is 18.6. The number of benzene rings is 2. The Kier molecular flexibility index (Phi) is 12.1. The molecule has 2 aromatic carbocycles. The van der Waals surface area contributed by atoms with Gasteiger partial charge in [0, 0.05) is 11.6 Å². The quantitative estimate of drug-likeness (QED) is 0.321. The Bertz CT molecular complexity index is 1330. The molecule has 0 atom stereocenters. The lowest BCUT2D eigenvalue weighted by atomic mass is 10.1. The third-order valence-corrected chi connectivity index (χ3v) is 7.32. The van der Waals surface area contributed by atoms with Gasteiger partial charge in [-0.25, -0.2) is 23.1 Å². The zero-order chi connectivity index (χ0) is 30.1. The van der Waals surface area contributed by atoms with Crippen molar-refractivity contribution >= 4 is 27.0 Å². The zero-order valence-corrected chi connectivity index (χ0v) is 26.1. The molecular weight excluding hydrogens is 526 g/mol. The number of carbonyl (C=O) groups is 1. The first-order valence-corrected chi connectivity index (χ1v) is 15.4. The number of esters is 1. The van der Waals surface area contributed by atoms with E-state index in [4.69, 9.17) is 14.5 Å². The predicted octanol–water partition coefficient (Wildman–Crippen LogP) is 6.54. The Morgan fingerprint density at radius 3 is 1.82 bits per heavy atom. The molecule has 0 amide bonds. The van der Waals surface area contributed by atoms with Crippen molar-refractivity contribution in [3.63, 3.8) is 0 Å². The normalized spacial score (nSPS) is 13.4. The van der Waals surface area contributed by atoms with Crippen LogP contribution in [0.15, 0.2) is 54.6 Å². The van der Waals surface area contributed by atoms with Crippen molar-refractivity contribution in [2.45, 2.75) is 98.2 Å². The molecule has 0 saturated heterocycles. The van der Waals surface area contributed by atoms with Gasteiger partial charge in [0.2, 0.25) is 15.9 Å². The van der Waals surface area contributed by atoms with E-state index in [0.29, 0.717) is 5.88 Å². The fraction of sp³-hybridized carbons (Fsp3) is 0.516. The highest BCUT2D eigenvalue weighted by molar-refractivity contribution is 7.90. The number of hydrogen-bond donors (Lipinski definition) is 1. The Hall–Kier alpha value is -3.04. The van der Waals surface area contributed by atoms with E-state index in [-0.39, 0.29) is 34.9 Å². The molecule has 1 saturated carbocycles. The van der Waals surface area contributed by atoms with E-state index >= 15 is 0 Å². The number of carbonyl (C=O) groups excluding carboxylic acids is 1. The molecular formula is C31H45N3O5S. The number of fused-ring (bicyclic) bond motifs is 1. The Morgan fingerprint density at radius 2 is 1.40 bits per heavy atom. The molecule has 0 unspecified atom stereocenters. The maximum Gasteiger partial charge on any atom is 0.308 e. The summed E-state index contributed by atoms with van der Waals surface area (Å²) in [7, 11) is -2.94. The molecule has 0 aliphatic heterocycles. The molecule has 220 valence electrons.